The Kier molecular flexibility index (Phi) is 10.6. The molecular weight excluding hydrogens is 503 g/mol. The number of carbonyl (C=O) groups excluding carboxylic acids is 1. The smallest absolute Gasteiger partial charge is 0.382 e. The zero-order chi connectivity index (χ0) is 27.1. The Morgan fingerprint density at radius 2 is 1.74 bits per heavy atom. The van der Waals surface area contributed by atoms with E-state index < -0.39 is 11.7 Å². The molecule has 6 nitrogen and oxygen atoms in total. The van der Waals surface area contributed by atoms with Crippen molar-refractivity contribution in [3.05, 3.63) is 59.2 Å². The predicted octanol–water partition coefficient (Wildman–Crippen LogP) is 5.92. The van der Waals surface area contributed by atoms with E-state index in [2.05, 4.69) is 46.3 Å². The van der Waals surface area contributed by atoms with Gasteiger partial charge < -0.3 is 20.0 Å². The molecule has 2 saturated heterocycles. The van der Waals surface area contributed by atoms with Gasteiger partial charge in [0.1, 0.15) is 0 Å². The minimum absolute atomic E-state index is 0. The van der Waals surface area contributed by atoms with E-state index in [1.807, 2.05) is 4.90 Å². The summed E-state index contributed by atoms with van der Waals surface area (Å²) in [5, 5.41) is 12.1. The molecule has 0 radical (unpaired) electrons. The lowest BCUT2D eigenvalue weighted by atomic mass is 10.0. The van der Waals surface area contributed by atoms with E-state index in [1.165, 1.54) is 23.4 Å². The lowest BCUT2D eigenvalue weighted by Gasteiger charge is -2.33. The quantitative estimate of drug-likeness (QED) is 0.470. The first-order valence-corrected chi connectivity index (χ1v) is 13.4. The van der Waals surface area contributed by atoms with Crippen LogP contribution in [0.3, 0.4) is 0 Å². The maximum atomic E-state index is 13.2. The van der Waals surface area contributed by atoms with Gasteiger partial charge in [-0.25, -0.2) is 0 Å². The molecular formula is C30H40F3N5O. The first-order chi connectivity index (χ1) is 18.2. The highest BCUT2D eigenvalue weighted by Crippen LogP contribution is 2.34. The molecule has 212 valence electrons. The molecule has 1 N–H and O–H groups in total. The summed E-state index contributed by atoms with van der Waals surface area (Å²) >= 11 is 0. The van der Waals surface area contributed by atoms with Crippen LogP contribution in [0.5, 0.6) is 0 Å². The van der Waals surface area contributed by atoms with Crippen LogP contribution in [-0.2, 0) is 11.0 Å². The van der Waals surface area contributed by atoms with Crippen LogP contribution in [0.1, 0.15) is 56.2 Å². The number of rotatable bonds is 7. The van der Waals surface area contributed by atoms with Crippen molar-refractivity contribution in [3.8, 4) is 6.07 Å². The molecule has 9 heteroatoms. The molecule has 0 aliphatic carbocycles. The van der Waals surface area contributed by atoms with Gasteiger partial charge >= 0.3 is 6.18 Å². The maximum Gasteiger partial charge on any atom is 0.417 e. The van der Waals surface area contributed by atoms with Gasteiger partial charge in [-0.05, 0) is 76.0 Å². The Bertz CT molecular complexity index is 1120. The van der Waals surface area contributed by atoms with Gasteiger partial charge in [0.05, 0.1) is 17.2 Å². The van der Waals surface area contributed by atoms with Gasteiger partial charge in [-0.3, -0.25) is 4.79 Å². The third-order valence-corrected chi connectivity index (χ3v) is 7.52. The van der Waals surface area contributed by atoms with Crippen LogP contribution in [0.4, 0.5) is 24.5 Å². The van der Waals surface area contributed by atoms with Crippen molar-refractivity contribution in [1.82, 2.24) is 9.80 Å². The zero-order valence-electron chi connectivity index (χ0n) is 21.9. The number of anilines is 2. The molecule has 2 aliphatic rings. The van der Waals surface area contributed by atoms with Crippen molar-refractivity contribution < 1.29 is 18.0 Å². The van der Waals surface area contributed by atoms with E-state index in [1.54, 1.807) is 6.07 Å². The monoisotopic (exact) mass is 543 g/mol. The molecule has 2 aromatic rings. The van der Waals surface area contributed by atoms with Crippen LogP contribution in [0.2, 0.25) is 0 Å². The number of hydrogen-bond acceptors (Lipinski definition) is 5. The van der Waals surface area contributed by atoms with Crippen molar-refractivity contribution in [1.29, 1.82) is 5.26 Å². The van der Waals surface area contributed by atoms with Gasteiger partial charge in [-0.1, -0.05) is 25.1 Å². The third kappa shape index (κ3) is 8.37. The number of nitrogens with one attached hydrogen (secondary N) is 1. The summed E-state index contributed by atoms with van der Waals surface area (Å²) in [6, 6.07) is 14.0. The second-order valence-electron chi connectivity index (χ2n) is 10.3. The number of piperidine rings is 1. The van der Waals surface area contributed by atoms with Crippen molar-refractivity contribution in [2.45, 2.75) is 58.7 Å². The van der Waals surface area contributed by atoms with E-state index in [0.29, 0.717) is 38.0 Å². The van der Waals surface area contributed by atoms with Crippen LogP contribution in [0.15, 0.2) is 42.5 Å². The van der Waals surface area contributed by atoms with Crippen molar-refractivity contribution in [3.63, 3.8) is 0 Å². The first-order valence-electron chi connectivity index (χ1n) is 13.4. The van der Waals surface area contributed by atoms with Crippen LogP contribution < -0.4 is 10.2 Å². The average molecular weight is 544 g/mol. The van der Waals surface area contributed by atoms with Crippen molar-refractivity contribution in [2.75, 3.05) is 56.0 Å². The number of likely N-dealkylation sites (tertiary alicyclic amines) is 1. The number of aryl methyl sites for hydroxylation is 1. The number of nitrogens with zero attached hydrogens (tertiary/aromatic N) is 4. The Balaban J connectivity index is 0.00000420. The van der Waals surface area contributed by atoms with Crippen LogP contribution in [-0.4, -0.2) is 67.6 Å². The van der Waals surface area contributed by atoms with Crippen LogP contribution in [0.25, 0.3) is 0 Å². The molecule has 0 atom stereocenters. The Morgan fingerprint density at radius 3 is 2.41 bits per heavy atom. The number of amides is 1. The normalized spacial score (nSPS) is 17.2. The highest BCUT2D eigenvalue weighted by Gasteiger charge is 2.34. The summed E-state index contributed by atoms with van der Waals surface area (Å²) in [7, 11) is 0. The van der Waals surface area contributed by atoms with Crippen molar-refractivity contribution >= 4 is 17.3 Å². The topological polar surface area (TPSA) is 62.6 Å². The molecule has 0 bridgehead atoms. The Labute approximate surface area is 230 Å². The fourth-order valence-electron chi connectivity index (χ4n) is 5.30. The van der Waals surface area contributed by atoms with E-state index in [9.17, 15) is 18.0 Å². The number of halogens is 3. The molecule has 0 saturated carbocycles. The Hall–Kier alpha value is -3.25. The molecule has 0 spiro atoms. The summed E-state index contributed by atoms with van der Waals surface area (Å²) in [4.78, 5) is 19.5. The van der Waals surface area contributed by atoms with Gasteiger partial charge in [0.25, 0.3) is 0 Å². The van der Waals surface area contributed by atoms with Gasteiger partial charge in [0.15, 0.2) is 0 Å². The van der Waals surface area contributed by atoms with E-state index in [4.69, 9.17) is 5.26 Å². The molecule has 2 aromatic carbocycles. The molecule has 0 aromatic heterocycles. The summed E-state index contributed by atoms with van der Waals surface area (Å²) in [5.74, 6) is 0.150. The second kappa shape index (κ2) is 13.7. The summed E-state index contributed by atoms with van der Waals surface area (Å²) in [5.41, 5.74) is 1.57. The lowest BCUT2D eigenvalue weighted by Crippen LogP contribution is -2.42. The first kappa shape index (κ1) is 30.3. The minimum atomic E-state index is -4.58. The van der Waals surface area contributed by atoms with Gasteiger partial charge in [0.2, 0.25) is 5.91 Å². The van der Waals surface area contributed by atoms with E-state index in [-0.39, 0.29) is 24.9 Å². The number of carbonyl (C=O) groups is 1. The SMILES string of the molecule is C.Cc1ccc(N2CCCN(CCCC(=O)N3CCC(Nc4ccc(C#N)c(C(F)(F)F)c4)CC3)CC2)cc1. The molecule has 2 heterocycles. The summed E-state index contributed by atoms with van der Waals surface area (Å²) in [6.45, 7) is 8.25. The van der Waals surface area contributed by atoms with Gasteiger partial charge in [-0.2, -0.15) is 18.4 Å². The fraction of sp³-hybridized carbons (Fsp3) is 0.533. The highest BCUT2D eigenvalue weighted by molar-refractivity contribution is 5.76. The molecule has 2 fully saturated rings. The number of hydrogen-bond donors (Lipinski definition) is 1. The largest absolute Gasteiger partial charge is 0.417 e. The molecule has 39 heavy (non-hydrogen) atoms. The van der Waals surface area contributed by atoms with E-state index in [0.717, 1.165) is 51.6 Å². The molecule has 0 unspecified atom stereocenters. The van der Waals surface area contributed by atoms with Gasteiger partial charge in [-0.15, -0.1) is 0 Å². The number of alkyl halides is 3. The third-order valence-electron chi connectivity index (χ3n) is 7.52. The fourth-order valence-corrected chi connectivity index (χ4v) is 5.30. The predicted molar refractivity (Wildman–Crippen MR) is 150 cm³/mol. The second-order valence-corrected chi connectivity index (χ2v) is 10.3. The van der Waals surface area contributed by atoms with Crippen molar-refractivity contribution in [2.24, 2.45) is 0 Å². The van der Waals surface area contributed by atoms with Crippen LogP contribution in [0, 0.1) is 18.3 Å². The highest BCUT2D eigenvalue weighted by atomic mass is 19.4. The molecule has 1 amide bonds. The Morgan fingerprint density at radius 1 is 1.03 bits per heavy atom. The van der Waals surface area contributed by atoms with Gasteiger partial charge in [0, 0.05) is 56.6 Å². The van der Waals surface area contributed by atoms with E-state index >= 15 is 0 Å². The zero-order valence-corrected chi connectivity index (χ0v) is 21.9. The minimum Gasteiger partial charge on any atom is -0.382 e. The summed E-state index contributed by atoms with van der Waals surface area (Å²) in [6.07, 6.45) is -0.783. The number of benzene rings is 2. The maximum absolute atomic E-state index is 13.2. The average Bonchev–Trinajstić information content (AvgIpc) is 3.15. The summed E-state index contributed by atoms with van der Waals surface area (Å²) < 4.78 is 39.7. The van der Waals surface area contributed by atoms with Crippen LogP contribution >= 0.6 is 0 Å². The standard InChI is InChI=1S/C29H36F3N5O.CH4/c1-22-5-9-26(10-6-22)36-15-3-14-35(18-19-36)13-2-4-28(38)37-16-11-24(12-17-37)34-25-8-7-23(21-33)27(20-25)29(30,31)32;/h5-10,20,24,34H,2-4,11-19H2,1H3;1H4. The molecule has 4 rings (SSSR count). The number of nitriles is 1. The lowest BCUT2D eigenvalue weighted by molar-refractivity contribution is -0.137. The molecule has 2 aliphatic heterocycles.